The number of nitrogens with one attached hydrogen (secondary N) is 1. The van der Waals surface area contributed by atoms with Crippen LogP contribution in [0.5, 0.6) is 0 Å². The Hall–Kier alpha value is -0.0800. The summed E-state index contributed by atoms with van der Waals surface area (Å²) >= 11 is 0. The molecular formula is C9H22N2. The summed E-state index contributed by atoms with van der Waals surface area (Å²) in [5.74, 6) is 0.716. The molecule has 0 saturated carbocycles. The van der Waals surface area contributed by atoms with E-state index in [4.69, 9.17) is 5.73 Å². The first kappa shape index (κ1) is 10.9. The molecule has 0 aromatic heterocycles. The highest BCUT2D eigenvalue weighted by molar-refractivity contribution is 4.65. The maximum absolute atomic E-state index is 5.85. The van der Waals surface area contributed by atoms with Gasteiger partial charge >= 0.3 is 0 Å². The second kappa shape index (κ2) is 6.62. The average molecular weight is 158 g/mol. The van der Waals surface area contributed by atoms with Crippen molar-refractivity contribution in [1.29, 1.82) is 0 Å². The van der Waals surface area contributed by atoms with Gasteiger partial charge in [-0.25, -0.2) is 0 Å². The van der Waals surface area contributed by atoms with Crippen LogP contribution in [0.3, 0.4) is 0 Å². The fraction of sp³-hybridized carbons (Fsp3) is 1.00. The van der Waals surface area contributed by atoms with Crippen LogP contribution in [-0.4, -0.2) is 19.1 Å². The van der Waals surface area contributed by atoms with Crippen molar-refractivity contribution in [1.82, 2.24) is 5.32 Å². The fourth-order valence-electron chi connectivity index (χ4n) is 1.15. The Labute approximate surface area is 70.5 Å². The SMILES string of the molecule is CCCNC[C@@H](N)CC(C)C. The molecule has 0 fully saturated rings. The van der Waals surface area contributed by atoms with Crippen LogP contribution in [0.2, 0.25) is 0 Å². The summed E-state index contributed by atoms with van der Waals surface area (Å²) in [5, 5.41) is 3.32. The van der Waals surface area contributed by atoms with Crippen LogP contribution in [0.15, 0.2) is 0 Å². The second-order valence-corrected chi connectivity index (χ2v) is 3.59. The number of nitrogens with two attached hydrogens (primary N) is 1. The largest absolute Gasteiger partial charge is 0.327 e. The lowest BCUT2D eigenvalue weighted by Crippen LogP contribution is -2.35. The van der Waals surface area contributed by atoms with Gasteiger partial charge in [-0.05, 0) is 25.3 Å². The predicted molar refractivity (Wildman–Crippen MR) is 50.6 cm³/mol. The van der Waals surface area contributed by atoms with Crippen molar-refractivity contribution >= 4 is 0 Å². The summed E-state index contributed by atoms with van der Waals surface area (Å²) in [6, 6.07) is 0.335. The fourth-order valence-corrected chi connectivity index (χ4v) is 1.15. The molecule has 0 unspecified atom stereocenters. The Morgan fingerprint density at radius 1 is 1.36 bits per heavy atom. The molecule has 68 valence electrons. The van der Waals surface area contributed by atoms with Crippen molar-refractivity contribution in [3.05, 3.63) is 0 Å². The van der Waals surface area contributed by atoms with E-state index in [0.29, 0.717) is 12.0 Å². The second-order valence-electron chi connectivity index (χ2n) is 3.59. The van der Waals surface area contributed by atoms with E-state index in [1.165, 1.54) is 6.42 Å². The Kier molecular flexibility index (Phi) is 6.57. The van der Waals surface area contributed by atoms with Crippen molar-refractivity contribution in [2.45, 2.75) is 39.7 Å². The third-order valence-electron chi connectivity index (χ3n) is 1.61. The first-order valence-corrected chi connectivity index (χ1v) is 4.63. The van der Waals surface area contributed by atoms with E-state index in [1.54, 1.807) is 0 Å². The van der Waals surface area contributed by atoms with Crippen LogP contribution in [0.1, 0.15) is 33.6 Å². The number of hydrogen-bond donors (Lipinski definition) is 2. The number of hydrogen-bond acceptors (Lipinski definition) is 2. The van der Waals surface area contributed by atoms with Gasteiger partial charge in [0, 0.05) is 12.6 Å². The van der Waals surface area contributed by atoms with E-state index in [9.17, 15) is 0 Å². The van der Waals surface area contributed by atoms with Crippen molar-refractivity contribution in [3.8, 4) is 0 Å². The summed E-state index contributed by atoms with van der Waals surface area (Å²) in [6.07, 6.45) is 2.31. The zero-order valence-corrected chi connectivity index (χ0v) is 8.06. The van der Waals surface area contributed by atoms with Gasteiger partial charge in [0.1, 0.15) is 0 Å². The highest BCUT2D eigenvalue weighted by Crippen LogP contribution is 2.01. The number of rotatable bonds is 6. The lowest BCUT2D eigenvalue weighted by molar-refractivity contribution is 0.468. The van der Waals surface area contributed by atoms with Crippen molar-refractivity contribution in [2.24, 2.45) is 11.7 Å². The highest BCUT2D eigenvalue weighted by Gasteiger charge is 2.03. The van der Waals surface area contributed by atoms with E-state index in [-0.39, 0.29) is 0 Å². The molecular weight excluding hydrogens is 136 g/mol. The minimum Gasteiger partial charge on any atom is -0.327 e. The average Bonchev–Trinajstić information content (AvgIpc) is 1.86. The van der Waals surface area contributed by atoms with Crippen LogP contribution < -0.4 is 11.1 Å². The molecule has 0 aliphatic heterocycles. The summed E-state index contributed by atoms with van der Waals surface area (Å²) in [4.78, 5) is 0. The standard InChI is InChI=1S/C9H22N2/c1-4-5-11-7-9(10)6-8(2)3/h8-9,11H,4-7,10H2,1-3H3/t9-/m0/s1. The molecule has 0 amide bonds. The molecule has 0 heterocycles. The Morgan fingerprint density at radius 2 is 2.00 bits per heavy atom. The summed E-state index contributed by atoms with van der Waals surface area (Å²) in [5.41, 5.74) is 5.85. The van der Waals surface area contributed by atoms with Gasteiger partial charge in [-0.1, -0.05) is 20.8 Å². The Morgan fingerprint density at radius 3 is 2.45 bits per heavy atom. The first-order chi connectivity index (χ1) is 5.16. The van der Waals surface area contributed by atoms with Gasteiger partial charge < -0.3 is 11.1 Å². The van der Waals surface area contributed by atoms with Crippen LogP contribution in [-0.2, 0) is 0 Å². The molecule has 2 heteroatoms. The highest BCUT2D eigenvalue weighted by atomic mass is 14.9. The van der Waals surface area contributed by atoms with Gasteiger partial charge in [-0.2, -0.15) is 0 Å². The van der Waals surface area contributed by atoms with E-state index >= 15 is 0 Å². The van der Waals surface area contributed by atoms with Crippen molar-refractivity contribution in [2.75, 3.05) is 13.1 Å². The molecule has 0 rings (SSSR count). The molecule has 0 aromatic carbocycles. The van der Waals surface area contributed by atoms with Gasteiger partial charge in [0.05, 0.1) is 0 Å². The molecule has 0 radical (unpaired) electrons. The molecule has 3 N–H and O–H groups in total. The van der Waals surface area contributed by atoms with Gasteiger partial charge in [-0.3, -0.25) is 0 Å². The summed E-state index contributed by atoms with van der Waals surface area (Å²) in [7, 11) is 0. The molecule has 0 bridgehead atoms. The van der Waals surface area contributed by atoms with E-state index in [2.05, 4.69) is 26.1 Å². The Bertz CT molecular complexity index is 81.6. The van der Waals surface area contributed by atoms with Gasteiger partial charge in [0.2, 0.25) is 0 Å². The van der Waals surface area contributed by atoms with E-state index in [1.807, 2.05) is 0 Å². The molecule has 2 nitrogen and oxygen atoms in total. The van der Waals surface area contributed by atoms with Crippen molar-refractivity contribution in [3.63, 3.8) is 0 Å². The third-order valence-corrected chi connectivity index (χ3v) is 1.61. The molecule has 0 aromatic rings. The lowest BCUT2D eigenvalue weighted by atomic mass is 10.0. The summed E-state index contributed by atoms with van der Waals surface area (Å²) in [6.45, 7) is 8.64. The monoisotopic (exact) mass is 158 g/mol. The van der Waals surface area contributed by atoms with Crippen LogP contribution >= 0.6 is 0 Å². The normalized spacial score (nSPS) is 13.9. The van der Waals surface area contributed by atoms with Crippen LogP contribution in [0, 0.1) is 5.92 Å². The van der Waals surface area contributed by atoms with E-state index in [0.717, 1.165) is 19.5 Å². The van der Waals surface area contributed by atoms with E-state index < -0.39 is 0 Å². The smallest absolute Gasteiger partial charge is 0.0167 e. The molecule has 0 spiro atoms. The third kappa shape index (κ3) is 7.82. The lowest BCUT2D eigenvalue weighted by Gasteiger charge is -2.14. The van der Waals surface area contributed by atoms with Gasteiger partial charge in [0.25, 0.3) is 0 Å². The maximum Gasteiger partial charge on any atom is 0.0167 e. The minimum atomic E-state index is 0.335. The Balaban J connectivity index is 3.15. The first-order valence-electron chi connectivity index (χ1n) is 4.63. The van der Waals surface area contributed by atoms with Gasteiger partial charge in [0.15, 0.2) is 0 Å². The maximum atomic E-state index is 5.85. The minimum absolute atomic E-state index is 0.335. The molecule has 11 heavy (non-hydrogen) atoms. The molecule has 0 aliphatic rings. The molecule has 1 atom stereocenters. The quantitative estimate of drug-likeness (QED) is 0.573. The molecule has 0 saturated heterocycles. The zero-order valence-electron chi connectivity index (χ0n) is 8.06. The van der Waals surface area contributed by atoms with Crippen LogP contribution in [0.4, 0.5) is 0 Å². The van der Waals surface area contributed by atoms with Crippen LogP contribution in [0.25, 0.3) is 0 Å². The topological polar surface area (TPSA) is 38.0 Å². The summed E-state index contributed by atoms with van der Waals surface area (Å²) < 4.78 is 0. The predicted octanol–water partition coefficient (Wildman–Crippen LogP) is 1.36. The zero-order chi connectivity index (χ0) is 8.69. The van der Waals surface area contributed by atoms with Gasteiger partial charge in [-0.15, -0.1) is 0 Å². The van der Waals surface area contributed by atoms with Crippen molar-refractivity contribution < 1.29 is 0 Å². The molecule has 0 aliphatic carbocycles.